The number of nitrogens with zero attached hydrogens (tertiary/aromatic N) is 2. The first kappa shape index (κ1) is 24.3. The van der Waals surface area contributed by atoms with Gasteiger partial charge >= 0.3 is 5.97 Å². The Labute approximate surface area is 194 Å². The molecule has 178 valence electrons. The van der Waals surface area contributed by atoms with Crippen LogP contribution in [0.15, 0.2) is 24.3 Å². The van der Waals surface area contributed by atoms with Crippen molar-refractivity contribution in [2.45, 2.75) is 27.7 Å². The molecule has 1 amide bonds. The Kier molecular flexibility index (Phi) is 8.48. The molecular weight excluding hydrogens is 426 g/mol. The number of carbonyl (C=O) groups is 2. The number of aryl methyl sites for hydroxylation is 1. The van der Waals surface area contributed by atoms with Crippen molar-refractivity contribution >= 4 is 23.3 Å². The molecule has 1 N–H and O–H groups in total. The number of pyridine rings is 1. The maximum absolute atomic E-state index is 13.0. The molecule has 0 unspecified atom stereocenters. The summed E-state index contributed by atoms with van der Waals surface area (Å²) in [5, 5.41) is 2.88. The number of morpholine rings is 1. The van der Waals surface area contributed by atoms with Crippen LogP contribution >= 0.6 is 0 Å². The van der Waals surface area contributed by atoms with Crippen molar-refractivity contribution in [2.75, 3.05) is 56.3 Å². The van der Waals surface area contributed by atoms with Gasteiger partial charge < -0.3 is 29.2 Å². The van der Waals surface area contributed by atoms with Crippen molar-refractivity contribution in [3.8, 4) is 11.5 Å². The molecule has 9 heteroatoms. The van der Waals surface area contributed by atoms with Crippen LogP contribution in [0.3, 0.4) is 0 Å². The summed E-state index contributed by atoms with van der Waals surface area (Å²) in [6, 6.07) is 6.71. The quantitative estimate of drug-likeness (QED) is 0.572. The van der Waals surface area contributed by atoms with Crippen LogP contribution in [0.2, 0.25) is 0 Å². The zero-order valence-electron chi connectivity index (χ0n) is 19.6. The van der Waals surface area contributed by atoms with Gasteiger partial charge in [0, 0.05) is 25.2 Å². The standard InChI is InChI=1S/C24H31N3O6/c1-5-31-21-15-20(27-10-12-30-13-11-27)22(32-6-2)14-19(21)26-23(28)18-9-8-17(16(4)25-18)24(29)33-7-3/h8-9,14-15H,5-7,10-13H2,1-4H3,(H,26,28). The molecule has 1 fully saturated rings. The van der Waals surface area contributed by atoms with E-state index in [0.29, 0.717) is 54.9 Å². The summed E-state index contributed by atoms with van der Waals surface area (Å²) in [4.78, 5) is 31.5. The number of anilines is 2. The van der Waals surface area contributed by atoms with Crippen LogP contribution in [-0.2, 0) is 9.47 Å². The average Bonchev–Trinajstić information content (AvgIpc) is 2.81. The molecule has 33 heavy (non-hydrogen) atoms. The number of hydrogen-bond acceptors (Lipinski definition) is 8. The summed E-state index contributed by atoms with van der Waals surface area (Å²) in [5.41, 5.74) is 2.31. The predicted octanol–water partition coefficient (Wildman–Crippen LogP) is 3.45. The Morgan fingerprint density at radius 1 is 1.03 bits per heavy atom. The molecule has 9 nitrogen and oxygen atoms in total. The molecule has 0 bridgehead atoms. The van der Waals surface area contributed by atoms with Gasteiger partial charge in [-0.25, -0.2) is 9.78 Å². The van der Waals surface area contributed by atoms with E-state index in [0.717, 1.165) is 18.8 Å². The first-order chi connectivity index (χ1) is 16.0. The Hall–Kier alpha value is -3.33. The minimum atomic E-state index is -0.465. The second-order valence-electron chi connectivity index (χ2n) is 7.29. The third-order valence-electron chi connectivity index (χ3n) is 5.07. The zero-order chi connectivity index (χ0) is 23.8. The van der Waals surface area contributed by atoms with E-state index in [2.05, 4.69) is 15.2 Å². The van der Waals surface area contributed by atoms with E-state index < -0.39 is 11.9 Å². The lowest BCUT2D eigenvalue weighted by atomic mass is 10.1. The minimum Gasteiger partial charge on any atom is -0.492 e. The number of ether oxygens (including phenoxy) is 4. The van der Waals surface area contributed by atoms with Crippen molar-refractivity contribution in [3.63, 3.8) is 0 Å². The molecular formula is C24H31N3O6. The second kappa shape index (κ2) is 11.5. The zero-order valence-corrected chi connectivity index (χ0v) is 19.6. The fraction of sp³-hybridized carbons (Fsp3) is 0.458. The van der Waals surface area contributed by atoms with E-state index in [1.165, 1.54) is 6.07 Å². The number of rotatable bonds is 9. The third kappa shape index (κ3) is 5.92. The molecule has 2 heterocycles. The number of nitrogens with one attached hydrogen (secondary N) is 1. The van der Waals surface area contributed by atoms with Crippen LogP contribution < -0.4 is 19.7 Å². The first-order valence-electron chi connectivity index (χ1n) is 11.2. The number of aromatic nitrogens is 1. The van der Waals surface area contributed by atoms with Crippen LogP contribution in [0.1, 0.15) is 47.3 Å². The fourth-order valence-electron chi connectivity index (χ4n) is 3.54. The van der Waals surface area contributed by atoms with Gasteiger partial charge in [0.2, 0.25) is 0 Å². The second-order valence-corrected chi connectivity index (χ2v) is 7.29. The maximum Gasteiger partial charge on any atom is 0.339 e. The highest BCUT2D eigenvalue weighted by atomic mass is 16.5. The molecule has 0 atom stereocenters. The van der Waals surface area contributed by atoms with Gasteiger partial charge in [0.05, 0.1) is 55.7 Å². The van der Waals surface area contributed by atoms with Crippen LogP contribution in [0, 0.1) is 6.92 Å². The number of carbonyl (C=O) groups excluding carboxylic acids is 2. The summed E-state index contributed by atoms with van der Waals surface area (Å²) < 4.78 is 22.2. The average molecular weight is 458 g/mol. The molecule has 0 spiro atoms. The highest BCUT2D eigenvalue weighted by molar-refractivity contribution is 6.04. The van der Waals surface area contributed by atoms with E-state index in [1.807, 2.05) is 19.9 Å². The molecule has 0 aliphatic carbocycles. The lowest BCUT2D eigenvalue weighted by Crippen LogP contribution is -2.36. The lowest BCUT2D eigenvalue weighted by molar-refractivity contribution is 0.0524. The van der Waals surface area contributed by atoms with Crippen molar-refractivity contribution < 1.29 is 28.5 Å². The maximum atomic E-state index is 13.0. The molecule has 1 aliphatic heterocycles. The molecule has 1 aromatic carbocycles. The predicted molar refractivity (Wildman–Crippen MR) is 125 cm³/mol. The fourth-order valence-corrected chi connectivity index (χ4v) is 3.54. The number of hydrogen-bond donors (Lipinski definition) is 1. The molecule has 0 saturated carbocycles. The van der Waals surface area contributed by atoms with Crippen LogP contribution in [0.25, 0.3) is 0 Å². The lowest BCUT2D eigenvalue weighted by Gasteiger charge is -2.31. The van der Waals surface area contributed by atoms with Gasteiger partial charge in [0.15, 0.2) is 0 Å². The summed E-state index contributed by atoms with van der Waals surface area (Å²) in [7, 11) is 0. The number of amides is 1. The Morgan fingerprint density at radius 3 is 2.36 bits per heavy atom. The van der Waals surface area contributed by atoms with E-state index >= 15 is 0 Å². The number of esters is 1. The molecule has 1 saturated heterocycles. The van der Waals surface area contributed by atoms with Gasteiger partial charge in [0.25, 0.3) is 5.91 Å². The molecule has 3 rings (SSSR count). The highest BCUT2D eigenvalue weighted by Gasteiger charge is 2.21. The van der Waals surface area contributed by atoms with Gasteiger partial charge in [-0.15, -0.1) is 0 Å². The van der Waals surface area contributed by atoms with Gasteiger partial charge in [0.1, 0.15) is 17.2 Å². The highest BCUT2D eigenvalue weighted by Crippen LogP contribution is 2.39. The van der Waals surface area contributed by atoms with E-state index in [4.69, 9.17) is 18.9 Å². The van der Waals surface area contributed by atoms with Crippen molar-refractivity contribution in [1.82, 2.24) is 4.98 Å². The summed E-state index contributed by atoms with van der Waals surface area (Å²) in [5.74, 6) is 0.305. The largest absolute Gasteiger partial charge is 0.492 e. The number of benzene rings is 1. The van der Waals surface area contributed by atoms with Gasteiger partial charge in [-0.1, -0.05) is 0 Å². The van der Waals surface area contributed by atoms with Crippen molar-refractivity contribution in [3.05, 3.63) is 41.2 Å². The van der Waals surface area contributed by atoms with Crippen molar-refractivity contribution in [2.24, 2.45) is 0 Å². The smallest absolute Gasteiger partial charge is 0.339 e. The van der Waals surface area contributed by atoms with E-state index in [-0.39, 0.29) is 12.3 Å². The molecule has 1 aliphatic rings. The minimum absolute atomic E-state index is 0.179. The Morgan fingerprint density at radius 2 is 1.73 bits per heavy atom. The summed E-state index contributed by atoms with van der Waals surface area (Å²) >= 11 is 0. The summed E-state index contributed by atoms with van der Waals surface area (Å²) in [6.07, 6.45) is 0. The molecule has 1 aromatic heterocycles. The molecule has 2 aromatic rings. The molecule has 0 radical (unpaired) electrons. The summed E-state index contributed by atoms with van der Waals surface area (Å²) in [6.45, 7) is 11.1. The van der Waals surface area contributed by atoms with Gasteiger partial charge in [-0.05, 0) is 39.8 Å². The van der Waals surface area contributed by atoms with Gasteiger partial charge in [-0.3, -0.25) is 4.79 Å². The van der Waals surface area contributed by atoms with Crippen molar-refractivity contribution in [1.29, 1.82) is 0 Å². The van der Waals surface area contributed by atoms with Crippen LogP contribution in [0.4, 0.5) is 11.4 Å². The third-order valence-corrected chi connectivity index (χ3v) is 5.07. The Balaban J connectivity index is 1.89. The topological polar surface area (TPSA) is 99.2 Å². The van der Waals surface area contributed by atoms with Crippen LogP contribution in [0.5, 0.6) is 11.5 Å². The van der Waals surface area contributed by atoms with Crippen LogP contribution in [-0.4, -0.2) is 63.0 Å². The monoisotopic (exact) mass is 457 g/mol. The normalized spacial score (nSPS) is 13.4. The van der Waals surface area contributed by atoms with E-state index in [1.54, 1.807) is 26.0 Å². The Bertz CT molecular complexity index is 988. The van der Waals surface area contributed by atoms with Gasteiger partial charge in [-0.2, -0.15) is 0 Å². The van der Waals surface area contributed by atoms with E-state index in [9.17, 15) is 9.59 Å². The SMILES string of the molecule is CCOC(=O)c1ccc(C(=O)Nc2cc(OCC)c(N3CCOCC3)cc2OCC)nc1C. The first-order valence-corrected chi connectivity index (χ1v) is 11.2.